The van der Waals surface area contributed by atoms with E-state index in [-0.39, 0.29) is 40.8 Å². The van der Waals surface area contributed by atoms with Crippen LogP contribution in [0, 0.1) is 0 Å². The average Bonchev–Trinajstić information content (AvgIpc) is 3.31. The van der Waals surface area contributed by atoms with E-state index in [1.807, 2.05) is 0 Å². The van der Waals surface area contributed by atoms with Crippen LogP contribution < -0.4 is 16.2 Å². The van der Waals surface area contributed by atoms with Crippen molar-refractivity contribution >= 4 is 22.9 Å². The molecule has 3 aromatic heterocycles. The maximum absolute atomic E-state index is 13.3. The number of aromatic amines is 1. The number of hydrogen-bond donors (Lipinski definition) is 3. The summed E-state index contributed by atoms with van der Waals surface area (Å²) in [5.74, 6) is -0.316. The Morgan fingerprint density at radius 1 is 1.26 bits per heavy atom. The molecule has 13 heteroatoms. The molecule has 3 heterocycles. The first kappa shape index (κ1) is 27.3. The van der Waals surface area contributed by atoms with Crippen LogP contribution in [0.4, 0.5) is 13.2 Å². The highest BCUT2D eigenvalue weighted by molar-refractivity contribution is 8.93. The first-order valence-electron chi connectivity index (χ1n) is 10.2. The van der Waals surface area contributed by atoms with Gasteiger partial charge in [0.05, 0.1) is 35.7 Å². The van der Waals surface area contributed by atoms with Crippen LogP contribution in [0.15, 0.2) is 41.5 Å². The molecular formula is C21H27BrF3N7O2. The lowest BCUT2D eigenvalue weighted by Crippen LogP contribution is -2.53. The monoisotopic (exact) mass is 545 g/mol. The van der Waals surface area contributed by atoms with Crippen molar-refractivity contribution in [3.63, 3.8) is 0 Å². The number of hydrogen-bond acceptors (Lipinski definition) is 5. The normalized spacial score (nSPS) is 12.8. The minimum Gasteiger partial charge on any atom is -0.348 e. The Balaban J connectivity index is 0.00000408. The summed E-state index contributed by atoms with van der Waals surface area (Å²) in [6.07, 6.45) is -0.803. The predicted molar refractivity (Wildman–Crippen MR) is 126 cm³/mol. The standard InChI is InChI=1S/C21H26F3N7O2.BrH/c1-20(2,28-19(33)15(25-3)8-13-10-26-30(4)11-13)12-31-16(9-17(29-31)21(22,23)24)14-6-5-7-18(32)27-14;/h5-7,9-11,15,25H,8,12H2,1-4H3,(H,27,32)(H,28,33);1H/t15-;/m1./s1. The number of nitrogens with one attached hydrogen (secondary N) is 3. The van der Waals surface area contributed by atoms with Crippen molar-refractivity contribution in [1.29, 1.82) is 0 Å². The fraction of sp³-hybridized carbons (Fsp3) is 0.429. The Hall–Kier alpha value is -2.93. The molecule has 3 N–H and O–H groups in total. The topological polar surface area (TPSA) is 110 Å². The van der Waals surface area contributed by atoms with Crippen molar-refractivity contribution in [3.8, 4) is 11.4 Å². The second kappa shape index (κ2) is 10.6. The van der Waals surface area contributed by atoms with E-state index in [4.69, 9.17) is 0 Å². The van der Waals surface area contributed by atoms with Crippen LogP contribution in [-0.4, -0.2) is 49.1 Å². The first-order valence-corrected chi connectivity index (χ1v) is 10.2. The molecule has 0 aromatic carbocycles. The van der Waals surface area contributed by atoms with Gasteiger partial charge in [0.15, 0.2) is 5.69 Å². The summed E-state index contributed by atoms with van der Waals surface area (Å²) in [5.41, 5.74) is -1.36. The van der Waals surface area contributed by atoms with Crippen LogP contribution in [0.3, 0.4) is 0 Å². The molecule has 0 bridgehead atoms. The second-order valence-corrected chi connectivity index (χ2v) is 8.44. The number of pyridine rings is 1. The summed E-state index contributed by atoms with van der Waals surface area (Å²) in [6, 6.07) is 4.51. The number of halogens is 4. The molecule has 3 rings (SSSR count). The smallest absolute Gasteiger partial charge is 0.348 e. The molecular weight excluding hydrogens is 519 g/mol. The van der Waals surface area contributed by atoms with E-state index in [2.05, 4.69) is 25.8 Å². The molecule has 0 unspecified atom stereocenters. The van der Waals surface area contributed by atoms with Crippen molar-refractivity contribution in [2.45, 2.75) is 44.6 Å². The molecule has 9 nitrogen and oxygen atoms in total. The Morgan fingerprint density at radius 3 is 2.53 bits per heavy atom. The Kier molecular flexibility index (Phi) is 8.48. The number of aromatic nitrogens is 5. The van der Waals surface area contributed by atoms with E-state index in [1.165, 1.54) is 18.2 Å². The summed E-state index contributed by atoms with van der Waals surface area (Å²) in [5, 5.41) is 13.6. The fourth-order valence-electron chi connectivity index (χ4n) is 3.46. The largest absolute Gasteiger partial charge is 0.435 e. The van der Waals surface area contributed by atoms with Crippen LogP contribution in [-0.2, 0) is 31.0 Å². The highest BCUT2D eigenvalue weighted by atomic mass is 79.9. The molecule has 0 radical (unpaired) electrons. The highest BCUT2D eigenvalue weighted by Gasteiger charge is 2.36. The van der Waals surface area contributed by atoms with Crippen LogP contribution in [0.2, 0.25) is 0 Å². The molecule has 0 aliphatic rings. The summed E-state index contributed by atoms with van der Waals surface area (Å²) < 4.78 is 42.8. The summed E-state index contributed by atoms with van der Waals surface area (Å²) >= 11 is 0. The van der Waals surface area contributed by atoms with Gasteiger partial charge < -0.3 is 15.6 Å². The zero-order valence-electron chi connectivity index (χ0n) is 19.1. The van der Waals surface area contributed by atoms with E-state index >= 15 is 0 Å². The zero-order valence-corrected chi connectivity index (χ0v) is 20.8. The molecule has 0 aliphatic carbocycles. The van der Waals surface area contributed by atoms with Crippen molar-refractivity contribution < 1.29 is 18.0 Å². The van der Waals surface area contributed by atoms with E-state index < -0.39 is 29.0 Å². The zero-order chi connectivity index (χ0) is 24.4. The summed E-state index contributed by atoms with van der Waals surface area (Å²) in [6.45, 7) is 3.31. The molecule has 0 saturated heterocycles. The molecule has 0 aliphatic heterocycles. The van der Waals surface area contributed by atoms with Crippen molar-refractivity contribution in [1.82, 2.24) is 35.2 Å². The van der Waals surface area contributed by atoms with Gasteiger partial charge in [0.1, 0.15) is 0 Å². The predicted octanol–water partition coefficient (Wildman–Crippen LogP) is 2.29. The lowest BCUT2D eigenvalue weighted by Gasteiger charge is -2.29. The van der Waals surface area contributed by atoms with E-state index in [9.17, 15) is 22.8 Å². The van der Waals surface area contributed by atoms with Gasteiger partial charge in [-0.3, -0.25) is 19.0 Å². The number of nitrogens with zero attached hydrogens (tertiary/aromatic N) is 4. The number of carbonyl (C=O) groups excluding carboxylic acids is 1. The number of rotatable bonds is 8. The molecule has 0 spiro atoms. The lowest BCUT2D eigenvalue weighted by atomic mass is 10.0. The average molecular weight is 546 g/mol. The van der Waals surface area contributed by atoms with Crippen LogP contribution in [0.5, 0.6) is 0 Å². The third-order valence-corrected chi connectivity index (χ3v) is 4.98. The van der Waals surface area contributed by atoms with Gasteiger partial charge in [-0.2, -0.15) is 23.4 Å². The number of amides is 1. The van der Waals surface area contributed by atoms with Gasteiger partial charge in [-0.05, 0) is 45.0 Å². The van der Waals surface area contributed by atoms with Crippen LogP contribution >= 0.6 is 17.0 Å². The van der Waals surface area contributed by atoms with Crippen LogP contribution in [0.25, 0.3) is 11.4 Å². The molecule has 0 fully saturated rings. The molecule has 186 valence electrons. The third kappa shape index (κ3) is 6.79. The number of likely N-dealkylation sites (N-methyl/N-ethyl adjacent to an activating group) is 1. The number of H-pyrrole nitrogens is 1. The summed E-state index contributed by atoms with van der Waals surface area (Å²) in [4.78, 5) is 27.1. The number of carbonyl (C=O) groups is 1. The maximum Gasteiger partial charge on any atom is 0.435 e. The van der Waals surface area contributed by atoms with Crippen LogP contribution in [0.1, 0.15) is 25.1 Å². The maximum atomic E-state index is 13.3. The highest BCUT2D eigenvalue weighted by Crippen LogP contribution is 2.31. The Labute approximate surface area is 204 Å². The third-order valence-electron chi connectivity index (χ3n) is 4.98. The molecule has 3 aromatic rings. The van der Waals surface area contributed by atoms with E-state index in [0.29, 0.717) is 6.42 Å². The molecule has 1 atom stereocenters. The minimum atomic E-state index is -4.66. The Morgan fingerprint density at radius 2 is 1.97 bits per heavy atom. The molecule has 34 heavy (non-hydrogen) atoms. The van der Waals surface area contributed by atoms with Crippen molar-refractivity contribution in [3.05, 3.63) is 58.3 Å². The second-order valence-electron chi connectivity index (χ2n) is 8.44. The van der Waals surface area contributed by atoms with Gasteiger partial charge in [-0.25, -0.2) is 0 Å². The lowest BCUT2D eigenvalue weighted by molar-refractivity contribution is -0.141. The minimum absolute atomic E-state index is 0. The van der Waals surface area contributed by atoms with Gasteiger partial charge in [0, 0.05) is 19.3 Å². The molecule has 0 saturated carbocycles. The van der Waals surface area contributed by atoms with Gasteiger partial charge in [0.2, 0.25) is 11.5 Å². The van der Waals surface area contributed by atoms with Gasteiger partial charge in [-0.1, -0.05) is 6.07 Å². The van der Waals surface area contributed by atoms with Crippen molar-refractivity contribution in [2.24, 2.45) is 7.05 Å². The van der Waals surface area contributed by atoms with Crippen molar-refractivity contribution in [2.75, 3.05) is 7.05 Å². The SMILES string of the molecule is Br.CN[C@H](Cc1cnn(C)c1)C(=O)NC(C)(C)Cn1nc(C(F)(F)F)cc1-c1cccc(=O)[nH]1. The Bertz CT molecular complexity index is 1180. The fourth-order valence-corrected chi connectivity index (χ4v) is 3.46. The number of alkyl halides is 3. The van der Waals surface area contributed by atoms with Gasteiger partial charge in [-0.15, -0.1) is 17.0 Å². The van der Waals surface area contributed by atoms with Gasteiger partial charge >= 0.3 is 6.18 Å². The molecule has 1 amide bonds. The number of aryl methyl sites for hydroxylation is 1. The van der Waals surface area contributed by atoms with E-state index in [0.717, 1.165) is 16.3 Å². The quantitative estimate of drug-likeness (QED) is 0.402. The first-order chi connectivity index (χ1) is 15.4. The van der Waals surface area contributed by atoms with Gasteiger partial charge in [0.25, 0.3) is 0 Å². The summed E-state index contributed by atoms with van der Waals surface area (Å²) in [7, 11) is 3.43. The van der Waals surface area contributed by atoms with E-state index in [1.54, 1.807) is 45.0 Å².